The van der Waals surface area contributed by atoms with Gasteiger partial charge in [0.25, 0.3) is 0 Å². The predicted molar refractivity (Wildman–Crippen MR) is 67.3 cm³/mol. The number of nitrogens with zero attached hydrogens (tertiary/aromatic N) is 2. The van der Waals surface area contributed by atoms with Crippen molar-refractivity contribution < 1.29 is 0 Å². The lowest BCUT2D eigenvalue weighted by atomic mass is 10.2. The van der Waals surface area contributed by atoms with Crippen molar-refractivity contribution in [1.82, 2.24) is 10.2 Å². The Morgan fingerprint density at radius 2 is 2.12 bits per heavy atom. The van der Waals surface area contributed by atoms with Crippen LogP contribution in [0.25, 0.3) is 0 Å². The number of rotatable bonds is 3. The van der Waals surface area contributed by atoms with Gasteiger partial charge >= 0.3 is 0 Å². The fraction of sp³-hybridized carbons (Fsp3) is 0.250. The van der Waals surface area contributed by atoms with Gasteiger partial charge < -0.3 is 10.2 Å². The summed E-state index contributed by atoms with van der Waals surface area (Å²) < 4.78 is 0. The highest BCUT2D eigenvalue weighted by Crippen LogP contribution is 2.11. The first kappa shape index (κ1) is 11.0. The fourth-order valence-corrected chi connectivity index (χ4v) is 1.57. The summed E-state index contributed by atoms with van der Waals surface area (Å²) in [6, 6.07) is 10.2. The lowest BCUT2D eigenvalue weighted by Gasteiger charge is -2.22. The van der Waals surface area contributed by atoms with Crippen LogP contribution < -0.4 is 5.32 Å². The Bertz CT molecular complexity index is 400. The maximum atomic E-state index is 6.06. The minimum absolute atomic E-state index is 0.129. The summed E-state index contributed by atoms with van der Waals surface area (Å²) in [7, 11) is 1.89. The van der Waals surface area contributed by atoms with Crippen LogP contribution in [0.5, 0.6) is 0 Å². The molecule has 2 rings (SSSR count). The van der Waals surface area contributed by atoms with Crippen molar-refractivity contribution in [1.29, 1.82) is 0 Å². The van der Waals surface area contributed by atoms with Gasteiger partial charge in [-0.3, -0.25) is 0 Å². The van der Waals surface area contributed by atoms with Gasteiger partial charge in [0, 0.05) is 13.6 Å². The molecule has 0 aliphatic carbocycles. The average Bonchev–Trinajstić information content (AvgIpc) is 2.32. The lowest BCUT2D eigenvalue weighted by Crippen LogP contribution is -2.29. The topological polar surface area (TPSA) is 27.6 Å². The molecule has 0 saturated heterocycles. The number of benzene rings is 1. The standard InChI is InChI=1S/C12H14ClN3/c1-16-9-15-12(7-11(16)13)14-8-10-5-3-2-4-6-10/h2-7,9,11,14H,8H2,1H3. The van der Waals surface area contributed by atoms with Crippen LogP contribution in [-0.2, 0) is 6.54 Å². The maximum absolute atomic E-state index is 6.06. The Balaban J connectivity index is 1.92. The molecule has 1 aliphatic heterocycles. The van der Waals surface area contributed by atoms with E-state index in [0.29, 0.717) is 0 Å². The summed E-state index contributed by atoms with van der Waals surface area (Å²) in [5, 5.41) is 3.24. The minimum Gasteiger partial charge on any atom is -0.366 e. The molecular formula is C12H14ClN3. The molecule has 0 spiro atoms. The van der Waals surface area contributed by atoms with E-state index in [9.17, 15) is 0 Å². The van der Waals surface area contributed by atoms with Crippen molar-refractivity contribution in [3.05, 3.63) is 47.8 Å². The first-order valence-corrected chi connectivity index (χ1v) is 5.59. The Labute approximate surface area is 100 Å². The summed E-state index contributed by atoms with van der Waals surface area (Å²) in [5.74, 6) is 0.821. The molecule has 0 aromatic heterocycles. The number of aliphatic imine (C=N–C) groups is 1. The molecule has 4 heteroatoms. The molecule has 16 heavy (non-hydrogen) atoms. The first-order chi connectivity index (χ1) is 7.75. The van der Waals surface area contributed by atoms with E-state index in [0.717, 1.165) is 12.4 Å². The third kappa shape index (κ3) is 2.76. The Kier molecular flexibility index (Phi) is 3.47. The van der Waals surface area contributed by atoms with Crippen molar-refractivity contribution >= 4 is 17.9 Å². The highest BCUT2D eigenvalue weighted by molar-refractivity contribution is 6.22. The number of hydrogen-bond donors (Lipinski definition) is 1. The van der Waals surface area contributed by atoms with Gasteiger partial charge in [-0.2, -0.15) is 0 Å². The summed E-state index contributed by atoms with van der Waals surface area (Å²) in [4.78, 5) is 6.08. The molecule has 1 heterocycles. The van der Waals surface area contributed by atoms with Crippen LogP contribution in [0.2, 0.25) is 0 Å². The largest absolute Gasteiger partial charge is 0.366 e. The molecular weight excluding hydrogens is 222 g/mol. The number of alkyl halides is 1. The second-order valence-corrected chi connectivity index (χ2v) is 4.12. The molecule has 0 saturated carbocycles. The van der Waals surface area contributed by atoms with E-state index in [1.165, 1.54) is 5.56 Å². The third-order valence-corrected chi connectivity index (χ3v) is 2.81. The second kappa shape index (κ2) is 5.03. The van der Waals surface area contributed by atoms with Gasteiger partial charge in [0.1, 0.15) is 11.3 Å². The quantitative estimate of drug-likeness (QED) is 0.642. The molecule has 0 amide bonds. The Morgan fingerprint density at radius 3 is 2.81 bits per heavy atom. The molecule has 84 valence electrons. The SMILES string of the molecule is CN1C=NC(NCc2ccccc2)=CC1Cl. The van der Waals surface area contributed by atoms with Gasteiger partial charge in [-0.1, -0.05) is 41.9 Å². The zero-order chi connectivity index (χ0) is 11.4. The van der Waals surface area contributed by atoms with Gasteiger partial charge in [0.05, 0.1) is 6.34 Å². The van der Waals surface area contributed by atoms with Gasteiger partial charge in [-0.15, -0.1) is 0 Å². The van der Waals surface area contributed by atoms with E-state index in [-0.39, 0.29) is 5.50 Å². The van der Waals surface area contributed by atoms with E-state index in [1.54, 1.807) is 6.34 Å². The van der Waals surface area contributed by atoms with E-state index >= 15 is 0 Å². The molecule has 0 fully saturated rings. The van der Waals surface area contributed by atoms with Crippen molar-refractivity contribution in [2.24, 2.45) is 4.99 Å². The van der Waals surface area contributed by atoms with Crippen LogP contribution in [0.3, 0.4) is 0 Å². The molecule has 1 N–H and O–H groups in total. The van der Waals surface area contributed by atoms with Crippen LogP contribution in [-0.4, -0.2) is 23.8 Å². The molecule has 0 bridgehead atoms. The van der Waals surface area contributed by atoms with Crippen molar-refractivity contribution in [3.8, 4) is 0 Å². The lowest BCUT2D eigenvalue weighted by molar-refractivity contribution is 0.521. The average molecular weight is 236 g/mol. The summed E-state index contributed by atoms with van der Waals surface area (Å²) >= 11 is 6.06. The van der Waals surface area contributed by atoms with Crippen LogP contribution in [0.15, 0.2) is 47.2 Å². The van der Waals surface area contributed by atoms with E-state index in [2.05, 4.69) is 22.4 Å². The molecule has 1 unspecified atom stereocenters. The van der Waals surface area contributed by atoms with Crippen LogP contribution in [0.4, 0.5) is 0 Å². The second-order valence-electron chi connectivity index (χ2n) is 3.67. The third-order valence-electron chi connectivity index (χ3n) is 2.38. The van der Waals surface area contributed by atoms with Gasteiger partial charge in [0.2, 0.25) is 0 Å². The van der Waals surface area contributed by atoms with Gasteiger partial charge in [-0.05, 0) is 11.6 Å². The monoisotopic (exact) mass is 235 g/mol. The summed E-state index contributed by atoms with van der Waals surface area (Å²) in [5.41, 5.74) is 1.10. The molecule has 0 radical (unpaired) electrons. The summed E-state index contributed by atoms with van der Waals surface area (Å²) in [6.07, 6.45) is 3.62. The maximum Gasteiger partial charge on any atom is 0.127 e. The van der Waals surface area contributed by atoms with E-state index < -0.39 is 0 Å². The van der Waals surface area contributed by atoms with E-state index in [1.807, 2.05) is 36.2 Å². The molecule has 1 aliphatic rings. The zero-order valence-electron chi connectivity index (χ0n) is 9.10. The highest BCUT2D eigenvalue weighted by atomic mass is 35.5. The van der Waals surface area contributed by atoms with Crippen LogP contribution in [0, 0.1) is 0 Å². The van der Waals surface area contributed by atoms with Crippen molar-refractivity contribution in [3.63, 3.8) is 0 Å². The Hall–Kier alpha value is -1.48. The normalized spacial score (nSPS) is 19.5. The van der Waals surface area contributed by atoms with Crippen LogP contribution >= 0.6 is 11.6 Å². The highest BCUT2D eigenvalue weighted by Gasteiger charge is 2.10. The summed E-state index contributed by atoms with van der Waals surface area (Å²) in [6.45, 7) is 0.761. The van der Waals surface area contributed by atoms with Gasteiger partial charge in [0.15, 0.2) is 0 Å². The minimum atomic E-state index is -0.129. The number of likely N-dealkylation sites (N-methyl/N-ethyl adjacent to an activating group) is 1. The number of hydrogen-bond acceptors (Lipinski definition) is 3. The fourth-order valence-electron chi connectivity index (χ4n) is 1.40. The smallest absolute Gasteiger partial charge is 0.127 e. The predicted octanol–water partition coefficient (Wildman–Crippen LogP) is 2.16. The first-order valence-electron chi connectivity index (χ1n) is 5.15. The molecule has 1 aromatic rings. The zero-order valence-corrected chi connectivity index (χ0v) is 9.85. The number of nitrogens with one attached hydrogen (secondary N) is 1. The number of halogens is 1. The molecule has 3 nitrogen and oxygen atoms in total. The van der Waals surface area contributed by atoms with Gasteiger partial charge in [-0.25, -0.2) is 4.99 Å². The molecule has 1 aromatic carbocycles. The van der Waals surface area contributed by atoms with Crippen LogP contribution in [0.1, 0.15) is 5.56 Å². The van der Waals surface area contributed by atoms with Crippen molar-refractivity contribution in [2.75, 3.05) is 7.05 Å². The Morgan fingerprint density at radius 1 is 1.38 bits per heavy atom. The van der Waals surface area contributed by atoms with Crippen molar-refractivity contribution in [2.45, 2.75) is 12.0 Å². The molecule has 1 atom stereocenters. The van der Waals surface area contributed by atoms with E-state index in [4.69, 9.17) is 11.6 Å².